The lowest BCUT2D eigenvalue weighted by Gasteiger charge is -2.08. The summed E-state index contributed by atoms with van der Waals surface area (Å²) in [6, 6.07) is 9.40. The Bertz CT molecular complexity index is 537. The van der Waals surface area contributed by atoms with Crippen molar-refractivity contribution in [2.75, 3.05) is 5.73 Å². The Hall–Kier alpha value is -1.74. The van der Waals surface area contributed by atoms with Crippen LogP contribution in [0.25, 0.3) is 0 Å². The van der Waals surface area contributed by atoms with Crippen molar-refractivity contribution in [3.63, 3.8) is 0 Å². The van der Waals surface area contributed by atoms with Crippen LogP contribution in [0.5, 0.6) is 11.5 Å². The number of hydrogen-bond acceptors (Lipinski definition) is 2. The van der Waals surface area contributed by atoms with Crippen molar-refractivity contribution in [1.82, 2.24) is 0 Å². The highest BCUT2D eigenvalue weighted by molar-refractivity contribution is 6.32. The first-order valence-corrected chi connectivity index (χ1v) is 5.42. The van der Waals surface area contributed by atoms with Gasteiger partial charge in [-0.25, -0.2) is 4.39 Å². The normalized spacial score (nSPS) is 10.3. The first kappa shape index (κ1) is 11.7. The average Bonchev–Trinajstić information content (AvgIpc) is 2.21. The molecule has 4 heteroatoms. The number of rotatable bonds is 2. The summed E-state index contributed by atoms with van der Waals surface area (Å²) in [7, 11) is 0. The van der Waals surface area contributed by atoms with Crippen molar-refractivity contribution in [2.45, 2.75) is 6.92 Å². The number of aryl methyl sites for hydroxylation is 1. The van der Waals surface area contributed by atoms with Gasteiger partial charge in [0.1, 0.15) is 17.3 Å². The molecular weight excluding hydrogens is 241 g/mol. The number of nitrogen functional groups attached to an aromatic ring is 1. The summed E-state index contributed by atoms with van der Waals surface area (Å²) in [5.74, 6) is 0.360. The number of ether oxygens (including phenoxy) is 1. The van der Waals surface area contributed by atoms with Crippen molar-refractivity contribution in [3.05, 3.63) is 52.8 Å². The van der Waals surface area contributed by atoms with Crippen LogP contribution in [0.4, 0.5) is 10.1 Å². The van der Waals surface area contributed by atoms with Crippen LogP contribution in [-0.4, -0.2) is 0 Å². The molecule has 2 N–H and O–H groups in total. The molecule has 0 saturated carbocycles. The van der Waals surface area contributed by atoms with Gasteiger partial charge in [-0.1, -0.05) is 17.7 Å². The molecule has 0 aromatic heterocycles. The van der Waals surface area contributed by atoms with Gasteiger partial charge in [0.25, 0.3) is 0 Å². The van der Waals surface area contributed by atoms with E-state index in [0.717, 1.165) is 5.56 Å². The van der Waals surface area contributed by atoms with Crippen LogP contribution in [0.15, 0.2) is 36.4 Å². The smallest absolute Gasteiger partial charge is 0.146 e. The van der Waals surface area contributed by atoms with Crippen LogP contribution < -0.4 is 10.5 Å². The largest absolute Gasteiger partial charge is 0.456 e. The zero-order chi connectivity index (χ0) is 12.4. The fourth-order valence-corrected chi connectivity index (χ4v) is 1.73. The van der Waals surface area contributed by atoms with Gasteiger partial charge in [-0.15, -0.1) is 0 Å². The van der Waals surface area contributed by atoms with E-state index in [1.54, 1.807) is 18.2 Å². The van der Waals surface area contributed by atoms with E-state index >= 15 is 0 Å². The minimum absolute atomic E-state index is 0.309. The van der Waals surface area contributed by atoms with Gasteiger partial charge in [0.2, 0.25) is 0 Å². The van der Waals surface area contributed by atoms with Gasteiger partial charge in [0, 0.05) is 17.8 Å². The molecule has 2 rings (SSSR count). The van der Waals surface area contributed by atoms with E-state index in [-0.39, 0.29) is 0 Å². The highest BCUT2D eigenvalue weighted by atomic mass is 35.5. The molecule has 0 amide bonds. The van der Waals surface area contributed by atoms with Gasteiger partial charge in [0.15, 0.2) is 0 Å². The highest BCUT2D eigenvalue weighted by Gasteiger charge is 2.05. The fourth-order valence-electron chi connectivity index (χ4n) is 1.46. The third-order valence-electron chi connectivity index (χ3n) is 2.21. The van der Waals surface area contributed by atoms with Gasteiger partial charge >= 0.3 is 0 Å². The Balaban J connectivity index is 2.31. The lowest BCUT2D eigenvalue weighted by Crippen LogP contribution is -1.91. The molecule has 2 aromatic rings. The topological polar surface area (TPSA) is 35.2 Å². The quantitative estimate of drug-likeness (QED) is 0.814. The first-order chi connectivity index (χ1) is 8.04. The lowest BCUT2D eigenvalue weighted by atomic mass is 10.2. The van der Waals surface area contributed by atoms with E-state index in [9.17, 15) is 4.39 Å². The third-order valence-corrected chi connectivity index (χ3v) is 2.50. The monoisotopic (exact) mass is 251 g/mol. The number of anilines is 1. The van der Waals surface area contributed by atoms with E-state index in [1.165, 1.54) is 12.1 Å². The molecule has 0 unspecified atom stereocenters. The zero-order valence-corrected chi connectivity index (χ0v) is 9.96. The van der Waals surface area contributed by atoms with Crippen LogP contribution in [0, 0.1) is 12.7 Å². The molecule has 17 heavy (non-hydrogen) atoms. The number of hydrogen-bond donors (Lipinski definition) is 1. The van der Waals surface area contributed by atoms with Crippen LogP contribution in [0.2, 0.25) is 5.02 Å². The van der Waals surface area contributed by atoms with Crippen molar-refractivity contribution in [1.29, 1.82) is 0 Å². The molecule has 0 aliphatic heterocycles. The van der Waals surface area contributed by atoms with Crippen molar-refractivity contribution >= 4 is 17.3 Å². The predicted molar refractivity (Wildman–Crippen MR) is 67.1 cm³/mol. The van der Waals surface area contributed by atoms with Crippen LogP contribution in [0.3, 0.4) is 0 Å². The predicted octanol–water partition coefficient (Wildman–Crippen LogP) is 4.16. The molecular formula is C13H11ClFNO. The Labute approximate surface area is 104 Å². The minimum atomic E-state index is -0.441. The summed E-state index contributed by atoms with van der Waals surface area (Å²) >= 11 is 6.01. The highest BCUT2D eigenvalue weighted by Crippen LogP contribution is 2.31. The van der Waals surface area contributed by atoms with Crippen molar-refractivity contribution in [2.24, 2.45) is 0 Å². The maximum atomic E-state index is 13.1. The van der Waals surface area contributed by atoms with Crippen LogP contribution >= 0.6 is 11.6 Å². The maximum absolute atomic E-state index is 13.1. The Kier molecular flexibility index (Phi) is 3.20. The number of benzene rings is 2. The maximum Gasteiger partial charge on any atom is 0.146 e. The molecule has 0 aliphatic carbocycles. The second-order valence-corrected chi connectivity index (χ2v) is 4.16. The van der Waals surface area contributed by atoms with Gasteiger partial charge in [-0.3, -0.25) is 0 Å². The molecule has 0 heterocycles. The van der Waals surface area contributed by atoms with Gasteiger partial charge < -0.3 is 10.5 Å². The summed E-state index contributed by atoms with van der Waals surface area (Å²) in [4.78, 5) is 0. The molecule has 0 bridgehead atoms. The fraction of sp³-hybridized carbons (Fsp3) is 0.0769. The molecule has 0 spiro atoms. The van der Waals surface area contributed by atoms with Gasteiger partial charge in [-0.05, 0) is 30.7 Å². The molecule has 2 nitrogen and oxygen atoms in total. The van der Waals surface area contributed by atoms with E-state index in [4.69, 9.17) is 22.1 Å². The number of halogens is 2. The van der Waals surface area contributed by atoms with Crippen LogP contribution in [-0.2, 0) is 0 Å². The summed E-state index contributed by atoms with van der Waals surface area (Å²) in [6.45, 7) is 1.93. The molecule has 2 aromatic carbocycles. The Morgan fingerprint density at radius 3 is 2.59 bits per heavy atom. The molecule has 0 aliphatic rings. The standard InChI is InChI=1S/C13H11ClFNO/c1-8-2-3-13(12(14)4-8)17-11-6-9(15)5-10(16)7-11/h2-7H,16H2,1H3. The molecule has 0 atom stereocenters. The summed E-state index contributed by atoms with van der Waals surface area (Å²) < 4.78 is 18.6. The molecule has 0 saturated heterocycles. The second kappa shape index (κ2) is 4.63. The molecule has 0 fully saturated rings. The SMILES string of the molecule is Cc1ccc(Oc2cc(N)cc(F)c2)c(Cl)c1. The van der Waals surface area contributed by atoms with E-state index in [2.05, 4.69) is 0 Å². The van der Waals surface area contributed by atoms with Crippen molar-refractivity contribution < 1.29 is 9.13 Å². The summed E-state index contributed by atoms with van der Waals surface area (Å²) in [5.41, 5.74) is 6.86. The molecule has 88 valence electrons. The second-order valence-electron chi connectivity index (χ2n) is 3.76. The van der Waals surface area contributed by atoms with E-state index in [0.29, 0.717) is 22.2 Å². The van der Waals surface area contributed by atoms with E-state index < -0.39 is 5.82 Å². The summed E-state index contributed by atoms with van der Waals surface area (Å²) in [5, 5.41) is 0.479. The average molecular weight is 252 g/mol. The first-order valence-electron chi connectivity index (χ1n) is 5.04. The number of nitrogens with two attached hydrogens (primary N) is 1. The Morgan fingerprint density at radius 1 is 1.18 bits per heavy atom. The molecule has 0 radical (unpaired) electrons. The van der Waals surface area contributed by atoms with E-state index in [1.807, 2.05) is 13.0 Å². The minimum Gasteiger partial charge on any atom is -0.456 e. The van der Waals surface area contributed by atoms with Gasteiger partial charge in [0.05, 0.1) is 5.02 Å². The summed E-state index contributed by atoms with van der Waals surface area (Å²) in [6.07, 6.45) is 0. The lowest BCUT2D eigenvalue weighted by molar-refractivity contribution is 0.477. The zero-order valence-electron chi connectivity index (χ0n) is 9.21. The Morgan fingerprint density at radius 2 is 1.94 bits per heavy atom. The third kappa shape index (κ3) is 2.88. The van der Waals surface area contributed by atoms with Gasteiger partial charge in [-0.2, -0.15) is 0 Å². The van der Waals surface area contributed by atoms with Crippen LogP contribution in [0.1, 0.15) is 5.56 Å². The van der Waals surface area contributed by atoms with Crippen molar-refractivity contribution in [3.8, 4) is 11.5 Å².